The molecule has 0 saturated carbocycles. The molecule has 1 fully saturated rings. The molecule has 1 aromatic carbocycles. The third-order valence-electron chi connectivity index (χ3n) is 3.35. The molecule has 0 aromatic heterocycles. The largest absolute Gasteiger partial charge is 0.377 e. The molecule has 1 aliphatic rings. The van der Waals surface area contributed by atoms with E-state index >= 15 is 0 Å². The molecule has 20 heavy (non-hydrogen) atoms. The van der Waals surface area contributed by atoms with Crippen molar-refractivity contribution < 1.29 is 13.9 Å². The monoisotopic (exact) mass is 280 g/mol. The molecule has 2 amide bonds. The zero-order valence-corrected chi connectivity index (χ0v) is 11.9. The van der Waals surface area contributed by atoms with Crippen molar-refractivity contribution in [1.29, 1.82) is 0 Å². The maximum Gasteiger partial charge on any atom is 0.322 e. The standard InChI is InChI=1S/C15H21FN2O2/c1-11(2)9-12-10-20-8-7-18(12)15(19)17-14-6-4-3-5-13(14)16/h3-6,11-12H,7-10H2,1-2H3,(H,17,19). The minimum Gasteiger partial charge on any atom is -0.377 e. The fourth-order valence-electron chi connectivity index (χ4n) is 2.41. The highest BCUT2D eigenvalue weighted by Crippen LogP contribution is 2.18. The van der Waals surface area contributed by atoms with Crippen LogP contribution < -0.4 is 5.32 Å². The minimum atomic E-state index is -0.422. The fraction of sp³-hybridized carbons (Fsp3) is 0.533. The smallest absolute Gasteiger partial charge is 0.322 e. The van der Waals surface area contributed by atoms with Gasteiger partial charge in [0.05, 0.1) is 24.9 Å². The van der Waals surface area contributed by atoms with E-state index in [4.69, 9.17) is 4.74 Å². The number of rotatable bonds is 3. The molecule has 0 bridgehead atoms. The lowest BCUT2D eigenvalue weighted by molar-refractivity contribution is 0.00856. The number of morpholine rings is 1. The van der Waals surface area contributed by atoms with Crippen molar-refractivity contribution in [1.82, 2.24) is 4.90 Å². The van der Waals surface area contributed by atoms with E-state index in [0.717, 1.165) is 6.42 Å². The van der Waals surface area contributed by atoms with Gasteiger partial charge in [-0.3, -0.25) is 0 Å². The van der Waals surface area contributed by atoms with Gasteiger partial charge in [-0.2, -0.15) is 0 Å². The highest BCUT2D eigenvalue weighted by molar-refractivity contribution is 5.89. The van der Waals surface area contributed by atoms with Crippen molar-refractivity contribution in [2.75, 3.05) is 25.1 Å². The summed E-state index contributed by atoms with van der Waals surface area (Å²) >= 11 is 0. The summed E-state index contributed by atoms with van der Waals surface area (Å²) in [4.78, 5) is 14.1. The second kappa shape index (κ2) is 6.70. The number of carbonyl (C=O) groups is 1. The highest BCUT2D eigenvalue weighted by atomic mass is 19.1. The molecule has 1 aromatic rings. The predicted molar refractivity (Wildman–Crippen MR) is 76.2 cm³/mol. The number of carbonyl (C=O) groups excluding carboxylic acids is 1. The number of hydrogen-bond acceptors (Lipinski definition) is 2. The number of halogens is 1. The second-order valence-electron chi connectivity index (χ2n) is 5.46. The topological polar surface area (TPSA) is 41.6 Å². The van der Waals surface area contributed by atoms with Gasteiger partial charge in [0.25, 0.3) is 0 Å². The zero-order valence-electron chi connectivity index (χ0n) is 11.9. The van der Waals surface area contributed by atoms with Crippen LogP contribution in [-0.4, -0.2) is 36.7 Å². The Morgan fingerprint density at radius 3 is 2.95 bits per heavy atom. The Morgan fingerprint density at radius 1 is 1.50 bits per heavy atom. The molecule has 0 spiro atoms. The number of amides is 2. The molecule has 2 rings (SSSR count). The number of nitrogens with one attached hydrogen (secondary N) is 1. The lowest BCUT2D eigenvalue weighted by Gasteiger charge is -2.36. The first-order valence-corrected chi connectivity index (χ1v) is 6.98. The van der Waals surface area contributed by atoms with E-state index in [1.165, 1.54) is 6.07 Å². The maximum atomic E-state index is 13.6. The SMILES string of the molecule is CC(C)CC1COCCN1C(=O)Nc1ccccc1F. The molecular weight excluding hydrogens is 259 g/mol. The van der Waals surface area contributed by atoms with Crippen LogP contribution >= 0.6 is 0 Å². The van der Waals surface area contributed by atoms with Gasteiger partial charge in [0.1, 0.15) is 5.82 Å². The van der Waals surface area contributed by atoms with E-state index in [2.05, 4.69) is 19.2 Å². The lowest BCUT2D eigenvalue weighted by atomic mass is 10.0. The van der Waals surface area contributed by atoms with Crippen LogP contribution in [-0.2, 0) is 4.74 Å². The van der Waals surface area contributed by atoms with Crippen LogP contribution in [0.1, 0.15) is 20.3 Å². The van der Waals surface area contributed by atoms with Crippen LogP contribution in [0.5, 0.6) is 0 Å². The molecule has 1 heterocycles. The molecule has 4 nitrogen and oxygen atoms in total. The Kier molecular flexibility index (Phi) is 4.95. The Hall–Kier alpha value is -1.62. The van der Waals surface area contributed by atoms with E-state index < -0.39 is 5.82 Å². The maximum absolute atomic E-state index is 13.6. The van der Waals surface area contributed by atoms with E-state index in [1.54, 1.807) is 23.1 Å². The first kappa shape index (κ1) is 14.8. The first-order chi connectivity index (χ1) is 9.58. The highest BCUT2D eigenvalue weighted by Gasteiger charge is 2.28. The summed E-state index contributed by atoms with van der Waals surface area (Å²) in [6.07, 6.45) is 0.880. The van der Waals surface area contributed by atoms with E-state index in [1.807, 2.05) is 0 Å². The van der Waals surface area contributed by atoms with Crippen molar-refractivity contribution in [3.63, 3.8) is 0 Å². The summed E-state index contributed by atoms with van der Waals surface area (Å²) in [5.41, 5.74) is 0.215. The molecule has 1 saturated heterocycles. The van der Waals surface area contributed by atoms with Crippen LogP contribution in [0, 0.1) is 11.7 Å². The molecule has 1 N–H and O–H groups in total. The second-order valence-corrected chi connectivity index (χ2v) is 5.46. The number of urea groups is 1. The van der Waals surface area contributed by atoms with Crippen LogP contribution in [0.15, 0.2) is 24.3 Å². The summed E-state index contributed by atoms with van der Waals surface area (Å²) < 4.78 is 19.0. The van der Waals surface area contributed by atoms with E-state index in [-0.39, 0.29) is 17.8 Å². The van der Waals surface area contributed by atoms with Gasteiger partial charge >= 0.3 is 6.03 Å². The average Bonchev–Trinajstić information content (AvgIpc) is 2.41. The molecule has 1 aliphatic heterocycles. The van der Waals surface area contributed by atoms with Gasteiger partial charge in [-0.15, -0.1) is 0 Å². The van der Waals surface area contributed by atoms with Gasteiger partial charge in [0.15, 0.2) is 0 Å². The number of ether oxygens (including phenoxy) is 1. The Morgan fingerprint density at radius 2 is 2.25 bits per heavy atom. The lowest BCUT2D eigenvalue weighted by Crippen LogP contribution is -2.50. The molecule has 5 heteroatoms. The quantitative estimate of drug-likeness (QED) is 0.924. The normalized spacial score (nSPS) is 19.2. The molecule has 110 valence electrons. The van der Waals surface area contributed by atoms with Crippen molar-refractivity contribution in [2.24, 2.45) is 5.92 Å². The minimum absolute atomic E-state index is 0.0514. The fourth-order valence-corrected chi connectivity index (χ4v) is 2.41. The molecule has 0 radical (unpaired) electrons. The van der Waals surface area contributed by atoms with E-state index in [0.29, 0.717) is 25.7 Å². The van der Waals surface area contributed by atoms with Crippen LogP contribution in [0.2, 0.25) is 0 Å². The third-order valence-corrected chi connectivity index (χ3v) is 3.35. The number of hydrogen-bond donors (Lipinski definition) is 1. The third kappa shape index (κ3) is 3.70. The Bertz CT molecular complexity index is 465. The van der Waals surface area contributed by atoms with Gasteiger partial charge in [0.2, 0.25) is 0 Å². The summed E-state index contributed by atoms with van der Waals surface area (Å²) in [6.45, 7) is 5.84. The molecular formula is C15H21FN2O2. The number of benzene rings is 1. The van der Waals surface area contributed by atoms with Gasteiger partial charge in [0, 0.05) is 6.54 Å². The Labute approximate surface area is 118 Å². The summed E-state index contributed by atoms with van der Waals surface area (Å²) in [6, 6.07) is 5.98. The number of anilines is 1. The van der Waals surface area contributed by atoms with Gasteiger partial charge < -0.3 is 15.0 Å². The molecule has 1 atom stereocenters. The van der Waals surface area contributed by atoms with Crippen molar-refractivity contribution >= 4 is 11.7 Å². The average molecular weight is 280 g/mol. The van der Waals surface area contributed by atoms with Gasteiger partial charge in [-0.05, 0) is 24.5 Å². The van der Waals surface area contributed by atoms with Crippen molar-refractivity contribution in [3.05, 3.63) is 30.1 Å². The predicted octanol–water partition coefficient (Wildman–Crippen LogP) is 3.10. The zero-order chi connectivity index (χ0) is 14.5. The summed E-state index contributed by atoms with van der Waals surface area (Å²) in [5, 5.41) is 2.64. The van der Waals surface area contributed by atoms with Crippen molar-refractivity contribution in [2.45, 2.75) is 26.3 Å². The molecule has 0 aliphatic carbocycles. The molecule has 1 unspecified atom stereocenters. The summed E-state index contributed by atoms with van der Waals surface area (Å²) in [7, 11) is 0. The van der Waals surface area contributed by atoms with E-state index in [9.17, 15) is 9.18 Å². The van der Waals surface area contributed by atoms with Crippen LogP contribution in [0.4, 0.5) is 14.9 Å². The first-order valence-electron chi connectivity index (χ1n) is 6.98. The number of nitrogens with zero attached hydrogens (tertiary/aromatic N) is 1. The summed E-state index contributed by atoms with van der Waals surface area (Å²) in [5.74, 6) is 0.0555. The van der Waals surface area contributed by atoms with Crippen LogP contribution in [0.3, 0.4) is 0 Å². The van der Waals surface area contributed by atoms with Crippen LogP contribution in [0.25, 0.3) is 0 Å². The van der Waals surface area contributed by atoms with Crippen molar-refractivity contribution in [3.8, 4) is 0 Å². The Balaban J connectivity index is 2.04. The van der Waals surface area contributed by atoms with Gasteiger partial charge in [-0.1, -0.05) is 26.0 Å². The number of para-hydroxylation sites is 1. The van der Waals surface area contributed by atoms with Gasteiger partial charge in [-0.25, -0.2) is 9.18 Å².